The van der Waals surface area contributed by atoms with E-state index in [1.807, 2.05) is 49.4 Å². The predicted octanol–water partition coefficient (Wildman–Crippen LogP) is 2.77. The van der Waals surface area contributed by atoms with Gasteiger partial charge in [-0.3, -0.25) is 4.18 Å². The fourth-order valence-electron chi connectivity index (χ4n) is 1.62. The molecule has 0 aliphatic carbocycles. The van der Waals surface area contributed by atoms with Crippen LogP contribution in [-0.2, 0) is 15.3 Å². The Balaban J connectivity index is 1.92. The Bertz CT molecular complexity index is 537. The molecule has 0 fully saturated rings. The first-order chi connectivity index (χ1) is 9.16. The van der Waals surface area contributed by atoms with Crippen molar-refractivity contribution in [3.05, 3.63) is 65.7 Å². The standard InChI is InChI=1S/C15H16O3S/c1-12-7-9-14(10-8-12)19(17)18-11-15(16)13-5-3-2-4-6-13/h2-10,15-16H,11H2,1H3. The largest absolute Gasteiger partial charge is 0.386 e. The van der Waals surface area contributed by atoms with Gasteiger partial charge in [-0.15, -0.1) is 0 Å². The van der Waals surface area contributed by atoms with Crippen molar-refractivity contribution >= 4 is 11.1 Å². The van der Waals surface area contributed by atoms with Crippen molar-refractivity contribution in [3.8, 4) is 0 Å². The number of rotatable bonds is 5. The number of hydrogen-bond acceptors (Lipinski definition) is 3. The molecule has 0 amide bonds. The number of aliphatic hydroxyl groups is 1. The lowest BCUT2D eigenvalue weighted by molar-refractivity contribution is 0.115. The van der Waals surface area contributed by atoms with Crippen molar-refractivity contribution in [2.24, 2.45) is 0 Å². The molecule has 1 N–H and O–H groups in total. The second-order valence-corrected chi connectivity index (χ2v) is 5.44. The van der Waals surface area contributed by atoms with Gasteiger partial charge in [0.15, 0.2) is 11.1 Å². The summed E-state index contributed by atoms with van der Waals surface area (Å²) in [6.45, 7) is 1.97. The average Bonchev–Trinajstić information content (AvgIpc) is 2.46. The van der Waals surface area contributed by atoms with Crippen molar-refractivity contribution in [2.45, 2.75) is 17.9 Å². The van der Waals surface area contributed by atoms with E-state index in [9.17, 15) is 9.32 Å². The van der Waals surface area contributed by atoms with E-state index in [2.05, 4.69) is 0 Å². The molecule has 2 aromatic rings. The zero-order valence-electron chi connectivity index (χ0n) is 10.7. The lowest BCUT2D eigenvalue weighted by atomic mass is 10.1. The minimum Gasteiger partial charge on any atom is -0.386 e. The van der Waals surface area contributed by atoms with Crippen LogP contribution in [0, 0.1) is 6.92 Å². The van der Waals surface area contributed by atoms with Crippen molar-refractivity contribution in [1.82, 2.24) is 0 Å². The summed E-state index contributed by atoms with van der Waals surface area (Å²) < 4.78 is 17.1. The summed E-state index contributed by atoms with van der Waals surface area (Å²) >= 11 is -1.55. The van der Waals surface area contributed by atoms with Crippen molar-refractivity contribution in [3.63, 3.8) is 0 Å². The molecule has 19 heavy (non-hydrogen) atoms. The van der Waals surface area contributed by atoms with Crippen molar-refractivity contribution in [2.75, 3.05) is 6.61 Å². The molecule has 0 saturated heterocycles. The van der Waals surface area contributed by atoms with Crippen LogP contribution in [0.3, 0.4) is 0 Å². The molecule has 2 unspecified atom stereocenters. The molecule has 4 heteroatoms. The third-order valence-electron chi connectivity index (χ3n) is 2.73. The molecule has 0 saturated carbocycles. The minimum atomic E-state index is -1.55. The zero-order chi connectivity index (χ0) is 13.7. The first-order valence-electron chi connectivity index (χ1n) is 6.01. The van der Waals surface area contributed by atoms with E-state index >= 15 is 0 Å². The number of hydrogen-bond donors (Lipinski definition) is 1. The van der Waals surface area contributed by atoms with Gasteiger partial charge in [0.05, 0.1) is 11.5 Å². The van der Waals surface area contributed by atoms with Gasteiger partial charge in [-0.05, 0) is 24.6 Å². The minimum absolute atomic E-state index is 0.00447. The normalized spacial score (nSPS) is 14.0. The summed E-state index contributed by atoms with van der Waals surface area (Å²) in [6, 6.07) is 16.5. The third kappa shape index (κ3) is 3.99. The van der Waals surface area contributed by atoms with Crippen LogP contribution in [0.4, 0.5) is 0 Å². The third-order valence-corrected chi connectivity index (χ3v) is 3.74. The van der Waals surface area contributed by atoms with E-state index in [0.717, 1.165) is 11.1 Å². The molecule has 0 spiro atoms. The average molecular weight is 276 g/mol. The predicted molar refractivity (Wildman–Crippen MR) is 74.9 cm³/mol. The molecule has 3 nitrogen and oxygen atoms in total. The topological polar surface area (TPSA) is 46.5 Å². The lowest BCUT2D eigenvalue weighted by Gasteiger charge is -2.10. The molecule has 2 aromatic carbocycles. The molecule has 2 atom stereocenters. The van der Waals surface area contributed by atoms with Crippen LogP contribution in [-0.4, -0.2) is 15.9 Å². The Kier molecular flexibility index (Phi) is 4.85. The molecular formula is C15H16O3S. The molecule has 0 bridgehead atoms. The van der Waals surface area contributed by atoms with E-state index < -0.39 is 17.2 Å². The van der Waals surface area contributed by atoms with E-state index in [1.54, 1.807) is 12.1 Å². The Morgan fingerprint density at radius 2 is 1.74 bits per heavy atom. The molecule has 0 heterocycles. The van der Waals surface area contributed by atoms with Crippen molar-refractivity contribution in [1.29, 1.82) is 0 Å². The fraction of sp³-hybridized carbons (Fsp3) is 0.200. The molecular weight excluding hydrogens is 260 g/mol. The maximum Gasteiger partial charge on any atom is 0.189 e. The van der Waals surface area contributed by atoms with Gasteiger partial charge in [0.1, 0.15) is 6.10 Å². The monoisotopic (exact) mass is 276 g/mol. The summed E-state index contributed by atoms with van der Waals surface area (Å²) in [7, 11) is 0. The van der Waals surface area contributed by atoms with E-state index in [1.165, 1.54) is 0 Å². The van der Waals surface area contributed by atoms with Gasteiger partial charge in [-0.25, -0.2) is 4.21 Å². The van der Waals surface area contributed by atoms with Gasteiger partial charge >= 0.3 is 0 Å². The Labute approximate surface area is 115 Å². The van der Waals surface area contributed by atoms with Crippen LogP contribution in [0.2, 0.25) is 0 Å². The highest BCUT2D eigenvalue weighted by Gasteiger charge is 2.11. The maximum absolute atomic E-state index is 11.9. The number of benzene rings is 2. The molecule has 100 valence electrons. The summed E-state index contributed by atoms with van der Waals surface area (Å²) in [4.78, 5) is 0.603. The van der Waals surface area contributed by atoms with Crippen LogP contribution in [0.15, 0.2) is 59.5 Å². The van der Waals surface area contributed by atoms with Crippen LogP contribution >= 0.6 is 0 Å². The Morgan fingerprint density at radius 1 is 1.11 bits per heavy atom. The van der Waals surface area contributed by atoms with Crippen LogP contribution in [0.25, 0.3) is 0 Å². The SMILES string of the molecule is Cc1ccc(S(=O)OCC(O)c2ccccc2)cc1. The highest BCUT2D eigenvalue weighted by atomic mass is 32.2. The summed E-state index contributed by atoms with van der Waals surface area (Å²) in [5, 5.41) is 9.90. The highest BCUT2D eigenvalue weighted by Crippen LogP contribution is 2.15. The van der Waals surface area contributed by atoms with Crippen LogP contribution in [0.5, 0.6) is 0 Å². The van der Waals surface area contributed by atoms with Gasteiger partial charge in [0.25, 0.3) is 0 Å². The summed E-state index contributed by atoms with van der Waals surface area (Å²) in [6.07, 6.45) is -0.768. The second-order valence-electron chi connectivity index (χ2n) is 4.26. The second kappa shape index (κ2) is 6.61. The Hall–Kier alpha value is -1.49. The molecule has 0 radical (unpaired) electrons. The first-order valence-corrected chi connectivity index (χ1v) is 7.09. The van der Waals surface area contributed by atoms with Gasteiger partial charge in [-0.1, -0.05) is 48.0 Å². The lowest BCUT2D eigenvalue weighted by Crippen LogP contribution is -2.09. The van der Waals surface area contributed by atoms with E-state index in [4.69, 9.17) is 4.18 Å². The van der Waals surface area contributed by atoms with Crippen LogP contribution in [0.1, 0.15) is 17.2 Å². The molecule has 0 aromatic heterocycles. The molecule has 0 aliphatic rings. The maximum atomic E-state index is 11.9. The Morgan fingerprint density at radius 3 is 2.37 bits per heavy atom. The molecule has 0 aliphatic heterocycles. The highest BCUT2D eigenvalue weighted by molar-refractivity contribution is 7.80. The van der Waals surface area contributed by atoms with Crippen LogP contribution < -0.4 is 0 Å². The zero-order valence-corrected chi connectivity index (χ0v) is 11.5. The molecule has 2 rings (SSSR count). The summed E-state index contributed by atoms with van der Waals surface area (Å²) in [5.74, 6) is 0. The van der Waals surface area contributed by atoms with E-state index in [0.29, 0.717) is 4.90 Å². The summed E-state index contributed by atoms with van der Waals surface area (Å²) in [5.41, 5.74) is 1.86. The smallest absolute Gasteiger partial charge is 0.189 e. The van der Waals surface area contributed by atoms with Gasteiger partial charge in [0, 0.05) is 0 Å². The quantitative estimate of drug-likeness (QED) is 0.913. The van der Waals surface area contributed by atoms with E-state index in [-0.39, 0.29) is 6.61 Å². The first kappa shape index (κ1) is 13.9. The van der Waals surface area contributed by atoms with Gasteiger partial charge in [0.2, 0.25) is 0 Å². The van der Waals surface area contributed by atoms with Gasteiger partial charge in [-0.2, -0.15) is 0 Å². The number of aryl methyl sites for hydroxylation is 1. The number of aliphatic hydroxyl groups excluding tert-OH is 1. The van der Waals surface area contributed by atoms with Crippen molar-refractivity contribution < 1.29 is 13.5 Å². The fourth-order valence-corrected chi connectivity index (χ4v) is 2.36. The van der Waals surface area contributed by atoms with Gasteiger partial charge < -0.3 is 5.11 Å².